The Hall–Kier alpha value is -1.00. The monoisotopic (exact) mass is 313 g/mol. The first-order valence-electron chi connectivity index (χ1n) is 6.80. The summed E-state index contributed by atoms with van der Waals surface area (Å²) >= 11 is 5.53. The Labute approximate surface area is 127 Å². The zero-order valence-electron chi connectivity index (χ0n) is 12.9. The second-order valence-corrected chi connectivity index (χ2v) is 11.5. The van der Waals surface area contributed by atoms with E-state index in [1.54, 1.807) is 0 Å². The number of hydrogen-bond acceptors (Lipinski definition) is 2. The van der Waals surface area contributed by atoms with Gasteiger partial charge >= 0.3 is 0 Å². The number of benzene rings is 1. The van der Waals surface area contributed by atoms with Crippen molar-refractivity contribution in [3.8, 4) is 5.75 Å². The van der Waals surface area contributed by atoms with Crippen molar-refractivity contribution in [1.82, 2.24) is 0 Å². The largest absolute Gasteiger partial charge is 0.544 e. The summed E-state index contributed by atoms with van der Waals surface area (Å²) in [5, 5.41) is 2.96. The second kappa shape index (κ2) is 6.63. The Morgan fingerprint density at radius 2 is 1.80 bits per heavy atom. The average molecular weight is 314 g/mol. The molecule has 0 saturated carbocycles. The molecule has 0 aromatic heterocycles. The Balaban J connectivity index is 2.70. The number of halogens is 1. The van der Waals surface area contributed by atoms with Crippen molar-refractivity contribution < 1.29 is 9.22 Å². The van der Waals surface area contributed by atoms with E-state index in [2.05, 4.69) is 39.2 Å². The van der Waals surface area contributed by atoms with Crippen molar-refractivity contribution >= 4 is 31.5 Å². The van der Waals surface area contributed by atoms with Gasteiger partial charge in [-0.15, -0.1) is 11.6 Å². The van der Waals surface area contributed by atoms with Gasteiger partial charge in [-0.1, -0.05) is 20.8 Å². The van der Waals surface area contributed by atoms with Crippen LogP contribution in [0.4, 0.5) is 5.69 Å². The summed E-state index contributed by atoms with van der Waals surface area (Å²) in [5.41, 5.74) is 0.766. The minimum Gasteiger partial charge on any atom is -0.544 e. The third-order valence-corrected chi connectivity index (χ3v) is 8.19. The Bertz CT molecular complexity index is 452. The molecule has 0 aliphatic rings. The lowest BCUT2D eigenvalue weighted by Crippen LogP contribution is -2.43. The fourth-order valence-corrected chi connectivity index (χ4v) is 2.57. The third kappa shape index (κ3) is 4.83. The van der Waals surface area contributed by atoms with Crippen LogP contribution in [0.15, 0.2) is 24.3 Å². The highest BCUT2D eigenvalue weighted by Gasteiger charge is 2.38. The van der Waals surface area contributed by atoms with Crippen molar-refractivity contribution in [3.63, 3.8) is 0 Å². The normalized spacial score (nSPS) is 12.1. The molecule has 1 N–H and O–H groups in total. The molecule has 0 atom stereocenters. The minimum absolute atomic E-state index is 0.0712. The number of carbonyl (C=O) groups excluding carboxylic acids is 1. The van der Waals surface area contributed by atoms with E-state index in [4.69, 9.17) is 16.0 Å². The van der Waals surface area contributed by atoms with Crippen LogP contribution < -0.4 is 9.74 Å². The Morgan fingerprint density at radius 1 is 1.25 bits per heavy atom. The summed E-state index contributed by atoms with van der Waals surface area (Å²) < 4.78 is 6.18. The molecule has 112 valence electrons. The van der Waals surface area contributed by atoms with Gasteiger partial charge in [0.15, 0.2) is 0 Å². The van der Waals surface area contributed by atoms with Gasteiger partial charge in [0.25, 0.3) is 0 Å². The van der Waals surface area contributed by atoms with Crippen molar-refractivity contribution in [2.75, 3.05) is 11.2 Å². The molecule has 1 rings (SSSR count). The molecule has 0 spiro atoms. The molecule has 20 heavy (non-hydrogen) atoms. The van der Waals surface area contributed by atoms with E-state index in [-0.39, 0.29) is 10.9 Å². The predicted molar refractivity (Wildman–Crippen MR) is 88.2 cm³/mol. The molecule has 0 saturated heterocycles. The van der Waals surface area contributed by atoms with E-state index in [1.165, 1.54) is 0 Å². The van der Waals surface area contributed by atoms with Crippen molar-refractivity contribution in [3.05, 3.63) is 24.3 Å². The number of rotatable bonds is 5. The fraction of sp³-hybridized carbons (Fsp3) is 0.533. The maximum Gasteiger partial charge on any atom is 0.250 e. The van der Waals surface area contributed by atoms with Crippen molar-refractivity contribution in [1.29, 1.82) is 0 Å². The van der Waals surface area contributed by atoms with Gasteiger partial charge in [-0.25, -0.2) is 0 Å². The molecule has 1 aromatic carbocycles. The molecule has 1 aromatic rings. The number of amides is 1. The van der Waals surface area contributed by atoms with Gasteiger partial charge in [-0.3, -0.25) is 4.79 Å². The molecule has 0 fully saturated rings. The summed E-state index contributed by atoms with van der Waals surface area (Å²) in [6, 6.07) is 7.51. The maximum atomic E-state index is 11.4. The maximum absolute atomic E-state index is 11.4. The average Bonchev–Trinajstić information content (AvgIpc) is 2.30. The number of anilines is 1. The van der Waals surface area contributed by atoms with E-state index in [1.807, 2.05) is 24.3 Å². The molecule has 3 nitrogen and oxygen atoms in total. The molecule has 0 unspecified atom stereocenters. The van der Waals surface area contributed by atoms with Crippen LogP contribution in [0.5, 0.6) is 5.75 Å². The topological polar surface area (TPSA) is 38.3 Å². The standard InChI is InChI=1S/C15H24ClNO2Si/c1-15(2,3)20(4,5)19-13-8-6-12(7-9-13)17-14(18)10-11-16/h6-9H,10-11H2,1-5H3,(H,17,18). The number of nitrogens with one attached hydrogen (secondary N) is 1. The van der Waals surface area contributed by atoms with Gasteiger partial charge in [0.1, 0.15) is 5.75 Å². The lowest BCUT2D eigenvalue weighted by atomic mass is 10.2. The fourth-order valence-electron chi connectivity index (χ4n) is 1.36. The SMILES string of the molecule is CC(C)(C)[Si](C)(C)Oc1ccc(NC(=O)CCCl)cc1. The summed E-state index contributed by atoms with van der Waals surface area (Å²) in [7, 11) is -1.81. The van der Waals surface area contributed by atoms with Crippen LogP contribution in [0, 0.1) is 0 Å². The molecule has 0 aliphatic carbocycles. The van der Waals surface area contributed by atoms with Gasteiger partial charge in [0.05, 0.1) is 0 Å². The highest BCUT2D eigenvalue weighted by Crippen LogP contribution is 2.37. The first kappa shape index (κ1) is 17.0. The zero-order valence-corrected chi connectivity index (χ0v) is 14.7. The first-order chi connectivity index (χ1) is 9.15. The molecule has 0 bridgehead atoms. The molecule has 0 heterocycles. The van der Waals surface area contributed by atoms with E-state index >= 15 is 0 Å². The van der Waals surface area contributed by atoms with Gasteiger partial charge in [-0.2, -0.15) is 0 Å². The van der Waals surface area contributed by atoms with Gasteiger partial charge in [0.2, 0.25) is 14.2 Å². The van der Waals surface area contributed by atoms with Crippen LogP contribution in [-0.4, -0.2) is 20.1 Å². The quantitative estimate of drug-likeness (QED) is 0.635. The van der Waals surface area contributed by atoms with Crippen LogP contribution >= 0.6 is 11.6 Å². The molecular weight excluding hydrogens is 290 g/mol. The van der Waals surface area contributed by atoms with Crippen LogP contribution in [0.3, 0.4) is 0 Å². The minimum atomic E-state index is -1.81. The lowest BCUT2D eigenvalue weighted by Gasteiger charge is -2.36. The predicted octanol–water partition coefficient (Wildman–Crippen LogP) is 4.64. The van der Waals surface area contributed by atoms with E-state index in [0.717, 1.165) is 11.4 Å². The second-order valence-electron chi connectivity index (χ2n) is 6.37. The summed E-state index contributed by atoms with van der Waals surface area (Å²) in [4.78, 5) is 11.4. The number of carbonyl (C=O) groups is 1. The van der Waals surface area contributed by atoms with Gasteiger partial charge < -0.3 is 9.74 Å². The zero-order chi connectivity index (χ0) is 15.4. The third-order valence-electron chi connectivity index (χ3n) is 3.64. The number of alkyl halides is 1. The highest BCUT2D eigenvalue weighted by atomic mass is 35.5. The van der Waals surface area contributed by atoms with Crippen LogP contribution in [0.25, 0.3) is 0 Å². The summed E-state index contributed by atoms with van der Waals surface area (Å²) in [6.45, 7) is 11.0. The van der Waals surface area contributed by atoms with Gasteiger partial charge in [-0.05, 0) is 42.4 Å². The van der Waals surface area contributed by atoms with E-state index in [0.29, 0.717) is 12.3 Å². The number of hydrogen-bond donors (Lipinski definition) is 1. The Morgan fingerprint density at radius 3 is 2.25 bits per heavy atom. The molecular formula is C15H24ClNO2Si. The van der Waals surface area contributed by atoms with Gasteiger partial charge in [0, 0.05) is 18.0 Å². The van der Waals surface area contributed by atoms with Crippen molar-refractivity contribution in [2.45, 2.75) is 45.3 Å². The molecule has 1 amide bonds. The van der Waals surface area contributed by atoms with Crippen molar-refractivity contribution in [2.24, 2.45) is 0 Å². The molecule has 0 radical (unpaired) electrons. The summed E-state index contributed by atoms with van der Waals surface area (Å²) in [5.74, 6) is 1.11. The smallest absolute Gasteiger partial charge is 0.250 e. The molecule has 0 aliphatic heterocycles. The van der Waals surface area contributed by atoms with E-state index in [9.17, 15) is 4.79 Å². The van der Waals surface area contributed by atoms with Crippen LogP contribution in [0.1, 0.15) is 27.2 Å². The molecule has 5 heteroatoms. The van der Waals surface area contributed by atoms with Crippen LogP contribution in [0.2, 0.25) is 18.1 Å². The lowest BCUT2D eigenvalue weighted by molar-refractivity contribution is -0.115. The summed E-state index contributed by atoms with van der Waals surface area (Å²) in [6.07, 6.45) is 0.323. The van der Waals surface area contributed by atoms with E-state index < -0.39 is 8.32 Å². The first-order valence-corrected chi connectivity index (χ1v) is 10.2. The highest BCUT2D eigenvalue weighted by molar-refractivity contribution is 6.74. The Kier molecular flexibility index (Phi) is 5.65. The van der Waals surface area contributed by atoms with Crippen LogP contribution in [-0.2, 0) is 4.79 Å².